The molecule has 0 aliphatic heterocycles. The third-order valence-electron chi connectivity index (χ3n) is 4.13. The Balaban J connectivity index is 1.71. The number of rotatable bonds is 6. The van der Waals surface area contributed by atoms with Gasteiger partial charge in [0.25, 0.3) is 0 Å². The molecule has 1 heterocycles. The van der Waals surface area contributed by atoms with Crippen molar-refractivity contribution in [3.63, 3.8) is 0 Å². The molecular weight excluding hydrogens is 367 g/mol. The van der Waals surface area contributed by atoms with E-state index in [4.69, 9.17) is 17.0 Å². The zero-order valence-electron chi connectivity index (χ0n) is 15.0. The van der Waals surface area contributed by atoms with Crippen LogP contribution in [0.5, 0.6) is 5.75 Å². The van der Waals surface area contributed by atoms with Gasteiger partial charge >= 0.3 is 0 Å². The fraction of sp³-hybridized carbons (Fsp3) is 0.211. The number of aryl methyl sites for hydroxylation is 1. The second-order valence-electron chi connectivity index (χ2n) is 5.99. The Hall–Kier alpha value is -3.00. The van der Waals surface area contributed by atoms with Gasteiger partial charge in [0, 0.05) is 24.2 Å². The number of aromatic nitrogens is 3. The van der Waals surface area contributed by atoms with Crippen LogP contribution in [-0.4, -0.2) is 27.8 Å². The monoisotopic (exact) mass is 386 g/mol. The molecule has 0 aliphatic rings. The van der Waals surface area contributed by atoms with Crippen LogP contribution in [0.25, 0.3) is 11.4 Å². The molecule has 0 aliphatic carbocycles. The number of aromatic amines is 1. The summed E-state index contributed by atoms with van der Waals surface area (Å²) in [5.41, 5.74) is 2.12. The van der Waals surface area contributed by atoms with Crippen molar-refractivity contribution in [2.75, 3.05) is 12.4 Å². The molecule has 0 saturated heterocycles. The van der Waals surface area contributed by atoms with Crippen LogP contribution in [0.4, 0.5) is 10.1 Å². The number of H-pyrrole nitrogens is 1. The third-order valence-corrected chi connectivity index (χ3v) is 4.44. The van der Waals surface area contributed by atoms with Crippen LogP contribution in [0.15, 0.2) is 42.5 Å². The van der Waals surface area contributed by atoms with Crippen LogP contribution in [0.3, 0.4) is 0 Å². The van der Waals surface area contributed by atoms with Crippen molar-refractivity contribution in [1.29, 1.82) is 0 Å². The molecule has 8 heteroatoms. The van der Waals surface area contributed by atoms with Crippen LogP contribution in [0, 0.1) is 17.5 Å². The normalized spacial score (nSPS) is 10.6. The minimum absolute atomic E-state index is 0.187. The lowest BCUT2D eigenvalue weighted by Gasteiger charge is -2.10. The Morgan fingerprint density at radius 1 is 1.30 bits per heavy atom. The number of nitrogens with zero attached hydrogens (tertiary/aromatic N) is 2. The van der Waals surface area contributed by atoms with Gasteiger partial charge in [0.2, 0.25) is 5.91 Å². The predicted molar refractivity (Wildman–Crippen MR) is 104 cm³/mol. The van der Waals surface area contributed by atoms with Gasteiger partial charge in [-0.15, -0.1) is 0 Å². The molecule has 0 atom stereocenters. The van der Waals surface area contributed by atoms with Crippen molar-refractivity contribution in [2.24, 2.45) is 0 Å². The molecule has 140 valence electrons. The highest BCUT2D eigenvalue weighted by molar-refractivity contribution is 7.71. The Bertz CT molecular complexity index is 1010. The van der Waals surface area contributed by atoms with Crippen LogP contribution in [0.2, 0.25) is 0 Å². The van der Waals surface area contributed by atoms with Crippen molar-refractivity contribution in [2.45, 2.75) is 19.9 Å². The molecule has 3 rings (SSSR count). The fourth-order valence-electron chi connectivity index (χ4n) is 2.68. The van der Waals surface area contributed by atoms with Crippen molar-refractivity contribution < 1.29 is 13.9 Å². The van der Waals surface area contributed by atoms with E-state index in [9.17, 15) is 9.18 Å². The summed E-state index contributed by atoms with van der Waals surface area (Å²) in [6.07, 6.45) is 0.202. The van der Waals surface area contributed by atoms with Crippen molar-refractivity contribution in [3.8, 4) is 17.1 Å². The molecule has 0 fully saturated rings. The van der Waals surface area contributed by atoms with Gasteiger partial charge in [-0.1, -0.05) is 0 Å². The van der Waals surface area contributed by atoms with Crippen LogP contribution in [0.1, 0.15) is 12.0 Å². The molecule has 1 amide bonds. The first kappa shape index (κ1) is 18.8. The van der Waals surface area contributed by atoms with Crippen molar-refractivity contribution in [3.05, 3.63) is 58.6 Å². The van der Waals surface area contributed by atoms with E-state index in [1.54, 1.807) is 24.7 Å². The Morgan fingerprint density at radius 3 is 2.70 bits per heavy atom. The van der Waals surface area contributed by atoms with Gasteiger partial charge < -0.3 is 10.1 Å². The molecule has 27 heavy (non-hydrogen) atoms. The summed E-state index contributed by atoms with van der Waals surface area (Å²) in [7, 11) is 1.60. The first-order valence-electron chi connectivity index (χ1n) is 8.33. The third kappa shape index (κ3) is 4.40. The number of anilines is 1. The van der Waals surface area contributed by atoms with Gasteiger partial charge in [-0.2, -0.15) is 5.10 Å². The number of hydrogen-bond acceptors (Lipinski definition) is 4. The molecule has 0 spiro atoms. The maximum atomic E-state index is 13.2. The van der Waals surface area contributed by atoms with Gasteiger partial charge in [0.1, 0.15) is 11.6 Å². The molecular formula is C19H19FN4O2S. The average molecular weight is 386 g/mol. The van der Waals surface area contributed by atoms with Crippen molar-refractivity contribution >= 4 is 23.8 Å². The summed E-state index contributed by atoms with van der Waals surface area (Å²) in [5.74, 6) is 0.870. The minimum Gasteiger partial charge on any atom is -0.497 e. The van der Waals surface area contributed by atoms with E-state index >= 15 is 0 Å². The predicted octanol–water partition coefficient (Wildman–Crippen LogP) is 4.09. The fourth-order valence-corrected chi connectivity index (χ4v) is 2.90. The van der Waals surface area contributed by atoms with E-state index in [0.29, 0.717) is 28.4 Å². The summed E-state index contributed by atoms with van der Waals surface area (Å²) >= 11 is 5.29. The number of carbonyl (C=O) groups excluding carboxylic acids is 1. The van der Waals surface area contributed by atoms with Gasteiger partial charge in [-0.05, 0) is 67.2 Å². The molecule has 3 aromatic rings. The Labute approximate surface area is 161 Å². The van der Waals surface area contributed by atoms with E-state index in [1.807, 2.05) is 24.3 Å². The highest BCUT2D eigenvalue weighted by Gasteiger charge is 2.12. The minimum atomic E-state index is -0.334. The highest BCUT2D eigenvalue weighted by Crippen LogP contribution is 2.21. The maximum Gasteiger partial charge on any atom is 0.226 e. The quantitative estimate of drug-likeness (QED) is 0.626. The molecule has 0 unspecified atom stereocenters. The van der Waals surface area contributed by atoms with E-state index in [-0.39, 0.29) is 18.1 Å². The van der Waals surface area contributed by atoms with E-state index in [1.165, 1.54) is 12.1 Å². The summed E-state index contributed by atoms with van der Waals surface area (Å²) < 4.78 is 20.5. The van der Waals surface area contributed by atoms with E-state index < -0.39 is 0 Å². The number of benzene rings is 2. The molecule has 2 N–H and O–H groups in total. The van der Waals surface area contributed by atoms with Crippen LogP contribution < -0.4 is 10.1 Å². The van der Waals surface area contributed by atoms with Gasteiger partial charge in [0.15, 0.2) is 10.6 Å². The number of amides is 1. The molecule has 0 saturated carbocycles. The summed E-state index contributed by atoms with van der Waals surface area (Å²) in [4.78, 5) is 12.3. The van der Waals surface area contributed by atoms with Gasteiger partial charge in [0.05, 0.1) is 7.11 Å². The SMILES string of the molecule is COc1ccc(-c2n[nH]c(=S)n2CCC(=O)Nc2ccc(F)cc2C)cc1. The first-order valence-corrected chi connectivity index (χ1v) is 8.74. The number of carbonyl (C=O) groups is 1. The Morgan fingerprint density at radius 2 is 2.04 bits per heavy atom. The molecule has 0 bridgehead atoms. The molecule has 6 nitrogen and oxygen atoms in total. The zero-order valence-corrected chi connectivity index (χ0v) is 15.8. The Kier molecular flexibility index (Phi) is 5.66. The summed E-state index contributed by atoms with van der Waals surface area (Å²) in [6, 6.07) is 11.7. The molecule has 1 aromatic heterocycles. The number of nitrogens with one attached hydrogen (secondary N) is 2. The number of hydrogen-bond donors (Lipinski definition) is 2. The maximum absolute atomic E-state index is 13.2. The lowest BCUT2D eigenvalue weighted by molar-refractivity contribution is -0.116. The molecule has 2 aromatic carbocycles. The lowest BCUT2D eigenvalue weighted by Crippen LogP contribution is -2.15. The van der Waals surface area contributed by atoms with Crippen LogP contribution >= 0.6 is 12.2 Å². The second-order valence-corrected chi connectivity index (χ2v) is 6.38. The summed E-state index contributed by atoms with van der Waals surface area (Å²) in [5, 5.41) is 9.82. The van der Waals surface area contributed by atoms with Crippen LogP contribution in [-0.2, 0) is 11.3 Å². The summed E-state index contributed by atoms with van der Waals surface area (Å²) in [6.45, 7) is 2.11. The van der Waals surface area contributed by atoms with Gasteiger partial charge in [-0.3, -0.25) is 14.5 Å². The number of halogens is 1. The second kappa shape index (κ2) is 8.13. The smallest absolute Gasteiger partial charge is 0.226 e. The van der Waals surface area contributed by atoms with E-state index in [2.05, 4.69) is 15.5 Å². The van der Waals surface area contributed by atoms with Crippen molar-refractivity contribution in [1.82, 2.24) is 14.8 Å². The highest BCUT2D eigenvalue weighted by atomic mass is 32.1. The first-order chi connectivity index (χ1) is 13.0. The largest absolute Gasteiger partial charge is 0.497 e. The standard InChI is InChI=1S/C19H19FN4O2S/c1-12-11-14(20)5-8-16(12)21-17(25)9-10-24-18(22-23-19(24)27)13-3-6-15(26-2)7-4-13/h3-8,11H,9-10H2,1-2H3,(H,21,25)(H,23,27). The number of methoxy groups -OCH3 is 1. The lowest BCUT2D eigenvalue weighted by atomic mass is 10.2. The molecule has 0 radical (unpaired) electrons. The van der Waals surface area contributed by atoms with Gasteiger partial charge in [-0.25, -0.2) is 4.39 Å². The van der Waals surface area contributed by atoms with E-state index in [0.717, 1.165) is 11.3 Å². The zero-order chi connectivity index (χ0) is 19.4. The average Bonchev–Trinajstić information content (AvgIpc) is 3.03. The number of ether oxygens (including phenoxy) is 1. The topological polar surface area (TPSA) is 71.9 Å².